The number of amides is 3. The van der Waals surface area contributed by atoms with Crippen LogP contribution in [0, 0.1) is 0 Å². The van der Waals surface area contributed by atoms with E-state index in [1.165, 1.54) is 19.2 Å². The standard InChI is InChI=1S/C13H12N2O6/c1-21-12(19)8-3-2-4-9(5-8)14-6-10(16)15(13(14)20)7-11(17)18/h2-5H,6-7H2,1H3,(H,17,18). The molecule has 0 aliphatic carbocycles. The minimum atomic E-state index is -1.28. The molecule has 0 aromatic heterocycles. The average Bonchev–Trinajstić information content (AvgIpc) is 2.74. The van der Waals surface area contributed by atoms with Crippen molar-refractivity contribution < 1.29 is 29.0 Å². The fraction of sp³-hybridized carbons (Fsp3) is 0.231. The molecule has 0 bridgehead atoms. The lowest BCUT2D eigenvalue weighted by Gasteiger charge is -2.16. The molecule has 110 valence electrons. The van der Waals surface area contributed by atoms with E-state index in [4.69, 9.17) is 5.11 Å². The summed E-state index contributed by atoms with van der Waals surface area (Å²) in [6, 6.07) is 5.26. The highest BCUT2D eigenvalue weighted by Crippen LogP contribution is 2.22. The fourth-order valence-electron chi connectivity index (χ4n) is 1.95. The van der Waals surface area contributed by atoms with E-state index in [0.29, 0.717) is 10.6 Å². The molecule has 1 aliphatic rings. The number of ether oxygens (including phenoxy) is 1. The number of hydrogen-bond acceptors (Lipinski definition) is 5. The van der Waals surface area contributed by atoms with Gasteiger partial charge in [-0.25, -0.2) is 9.59 Å². The van der Waals surface area contributed by atoms with E-state index in [0.717, 1.165) is 4.90 Å². The molecule has 21 heavy (non-hydrogen) atoms. The van der Waals surface area contributed by atoms with Crippen molar-refractivity contribution in [2.45, 2.75) is 0 Å². The Morgan fingerprint density at radius 3 is 2.67 bits per heavy atom. The van der Waals surface area contributed by atoms with Crippen LogP contribution >= 0.6 is 0 Å². The van der Waals surface area contributed by atoms with Gasteiger partial charge in [0.1, 0.15) is 13.1 Å². The summed E-state index contributed by atoms with van der Waals surface area (Å²) in [6.07, 6.45) is 0. The molecule has 2 rings (SSSR count). The van der Waals surface area contributed by atoms with Crippen LogP contribution in [0.3, 0.4) is 0 Å². The number of esters is 1. The van der Waals surface area contributed by atoms with E-state index in [1.807, 2.05) is 0 Å². The first kappa shape index (κ1) is 14.5. The quantitative estimate of drug-likeness (QED) is 0.633. The minimum Gasteiger partial charge on any atom is -0.480 e. The SMILES string of the molecule is COC(=O)c1cccc(N2CC(=O)N(CC(=O)O)C2=O)c1. The van der Waals surface area contributed by atoms with Gasteiger partial charge < -0.3 is 9.84 Å². The number of nitrogens with zero attached hydrogens (tertiary/aromatic N) is 2. The first-order chi connectivity index (χ1) is 9.93. The topological polar surface area (TPSA) is 104 Å². The molecule has 1 aromatic carbocycles. The maximum atomic E-state index is 12.1. The Morgan fingerprint density at radius 1 is 1.33 bits per heavy atom. The molecular weight excluding hydrogens is 280 g/mol. The molecule has 0 radical (unpaired) electrons. The van der Waals surface area contributed by atoms with Gasteiger partial charge in [-0.2, -0.15) is 0 Å². The van der Waals surface area contributed by atoms with Crippen molar-refractivity contribution in [3.05, 3.63) is 29.8 Å². The molecule has 0 saturated carbocycles. The van der Waals surface area contributed by atoms with Gasteiger partial charge in [0.25, 0.3) is 5.91 Å². The van der Waals surface area contributed by atoms with E-state index in [-0.39, 0.29) is 12.1 Å². The lowest BCUT2D eigenvalue weighted by Crippen LogP contribution is -2.36. The predicted molar refractivity (Wildman–Crippen MR) is 69.9 cm³/mol. The van der Waals surface area contributed by atoms with Crippen LogP contribution in [0.2, 0.25) is 0 Å². The number of imide groups is 1. The monoisotopic (exact) mass is 292 g/mol. The highest BCUT2D eigenvalue weighted by molar-refractivity contribution is 6.13. The van der Waals surface area contributed by atoms with E-state index in [1.54, 1.807) is 12.1 Å². The Morgan fingerprint density at radius 2 is 2.05 bits per heavy atom. The maximum Gasteiger partial charge on any atom is 0.337 e. The summed E-state index contributed by atoms with van der Waals surface area (Å²) in [4.78, 5) is 47.6. The van der Waals surface area contributed by atoms with Gasteiger partial charge >= 0.3 is 18.0 Å². The van der Waals surface area contributed by atoms with E-state index < -0.39 is 30.4 Å². The molecule has 1 aliphatic heterocycles. The number of carbonyl (C=O) groups excluding carboxylic acids is 3. The van der Waals surface area contributed by atoms with Crippen molar-refractivity contribution >= 4 is 29.6 Å². The summed E-state index contributed by atoms with van der Waals surface area (Å²) >= 11 is 0. The first-order valence-corrected chi connectivity index (χ1v) is 5.96. The Kier molecular flexibility index (Phi) is 3.88. The van der Waals surface area contributed by atoms with E-state index >= 15 is 0 Å². The van der Waals surface area contributed by atoms with Crippen LogP contribution in [0.5, 0.6) is 0 Å². The highest BCUT2D eigenvalue weighted by Gasteiger charge is 2.38. The molecule has 1 saturated heterocycles. The van der Waals surface area contributed by atoms with Gasteiger partial charge in [0, 0.05) is 5.69 Å². The Bertz CT molecular complexity index is 627. The molecular formula is C13H12N2O6. The number of carboxylic acids is 1. The minimum absolute atomic E-state index is 0.229. The van der Waals surface area contributed by atoms with Gasteiger partial charge in [0.2, 0.25) is 0 Å². The number of benzene rings is 1. The van der Waals surface area contributed by atoms with Crippen LogP contribution in [0.15, 0.2) is 24.3 Å². The molecule has 1 fully saturated rings. The number of rotatable bonds is 4. The van der Waals surface area contributed by atoms with Crippen molar-refractivity contribution in [3.63, 3.8) is 0 Å². The normalized spacial score (nSPS) is 14.5. The second-order valence-electron chi connectivity index (χ2n) is 4.28. The average molecular weight is 292 g/mol. The number of anilines is 1. The summed E-state index contributed by atoms with van der Waals surface area (Å²) in [5, 5.41) is 8.69. The third-order valence-electron chi connectivity index (χ3n) is 2.93. The zero-order valence-corrected chi connectivity index (χ0v) is 11.1. The Balaban J connectivity index is 2.27. The number of carboxylic acid groups (broad SMARTS) is 1. The van der Waals surface area contributed by atoms with Crippen molar-refractivity contribution in [2.24, 2.45) is 0 Å². The van der Waals surface area contributed by atoms with Gasteiger partial charge in [-0.1, -0.05) is 6.07 Å². The smallest absolute Gasteiger partial charge is 0.337 e. The third kappa shape index (κ3) is 2.83. The fourth-order valence-corrected chi connectivity index (χ4v) is 1.95. The molecule has 0 spiro atoms. The molecule has 8 nitrogen and oxygen atoms in total. The number of urea groups is 1. The van der Waals surface area contributed by atoms with E-state index in [9.17, 15) is 19.2 Å². The molecule has 1 heterocycles. The van der Waals surface area contributed by atoms with Crippen LogP contribution in [0.1, 0.15) is 10.4 Å². The number of hydrogen-bond donors (Lipinski definition) is 1. The maximum absolute atomic E-state index is 12.1. The summed E-state index contributed by atoms with van der Waals surface area (Å²) in [5.41, 5.74) is 0.552. The number of methoxy groups -OCH3 is 1. The largest absolute Gasteiger partial charge is 0.480 e. The first-order valence-electron chi connectivity index (χ1n) is 5.96. The molecule has 8 heteroatoms. The lowest BCUT2D eigenvalue weighted by molar-refractivity contribution is -0.141. The molecule has 0 unspecified atom stereocenters. The second kappa shape index (κ2) is 5.61. The molecule has 1 aromatic rings. The molecule has 1 N–H and O–H groups in total. The zero-order chi connectivity index (χ0) is 15.6. The number of aliphatic carboxylic acids is 1. The van der Waals surface area contributed by atoms with Crippen LogP contribution < -0.4 is 4.90 Å². The third-order valence-corrected chi connectivity index (χ3v) is 2.93. The zero-order valence-electron chi connectivity index (χ0n) is 11.1. The van der Waals surface area contributed by atoms with Gasteiger partial charge in [-0.3, -0.25) is 19.4 Å². The Labute approximate surface area is 119 Å². The van der Waals surface area contributed by atoms with Crippen molar-refractivity contribution in [1.82, 2.24) is 4.90 Å². The van der Waals surface area contributed by atoms with Gasteiger partial charge in [-0.15, -0.1) is 0 Å². The second-order valence-corrected chi connectivity index (χ2v) is 4.28. The molecule has 0 atom stereocenters. The number of carbonyl (C=O) groups is 4. The van der Waals surface area contributed by atoms with Gasteiger partial charge in [0.15, 0.2) is 0 Å². The summed E-state index contributed by atoms with van der Waals surface area (Å²) < 4.78 is 4.58. The van der Waals surface area contributed by atoms with Crippen LogP contribution in [0.4, 0.5) is 10.5 Å². The van der Waals surface area contributed by atoms with Crippen LogP contribution in [-0.2, 0) is 14.3 Å². The van der Waals surface area contributed by atoms with Crippen molar-refractivity contribution in [1.29, 1.82) is 0 Å². The lowest BCUT2D eigenvalue weighted by atomic mass is 10.2. The highest BCUT2D eigenvalue weighted by atomic mass is 16.5. The summed E-state index contributed by atoms with van der Waals surface area (Å²) in [7, 11) is 1.23. The van der Waals surface area contributed by atoms with E-state index in [2.05, 4.69) is 4.74 Å². The van der Waals surface area contributed by atoms with Crippen LogP contribution in [-0.4, -0.2) is 54.1 Å². The predicted octanol–water partition coefficient (Wildman–Crippen LogP) is 0.326. The van der Waals surface area contributed by atoms with Gasteiger partial charge in [-0.05, 0) is 18.2 Å². The molecule has 3 amide bonds. The summed E-state index contributed by atoms with van der Waals surface area (Å²) in [6.45, 7) is -0.957. The summed E-state index contributed by atoms with van der Waals surface area (Å²) in [5.74, 6) is -2.45. The van der Waals surface area contributed by atoms with Crippen molar-refractivity contribution in [2.75, 3.05) is 25.1 Å². The van der Waals surface area contributed by atoms with Crippen LogP contribution in [0.25, 0.3) is 0 Å². The van der Waals surface area contributed by atoms with Gasteiger partial charge in [0.05, 0.1) is 12.7 Å². The Hall–Kier alpha value is -2.90. The van der Waals surface area contributed by atoms with Crippen molar-refractivity contribution in [3.8, 4) is 0 Å².